The highest BCUT2D eigenvalue weighted by Crippen LogP contribution is 2.24. The number of nitrogens with two attached hydrogens (primary N) is 1. The van der Waals surface area contributed by atoms with Crippen molar-refractivity contribution in [3.63, 3.8) is 0 Å². The van der Waals surface area contributed by atoms with Crippen molar-refractivity contribution in [3.05, 3.63) is 28.7 Å². The summed E-state index contributed by atoms with van der Waals surface area (Å²) in [7, 11) is -4.17. The Hall–Kier alpha value is -1.71. The number of hydrogen-bond acceptors (Lipinski definition) is 5. The van der Waals surface area contributed by atoms with Crippen LogP contribution in [0.25, 0.3) is 0 Å². The fourth-order valence-electron chi connectivity index (χ4n) is 2.04. The number of hydrogen-bond donors (Lipinski definition) is 3. The number of carbonyl (C=O) groups is 1. The van der Waals surface area contributed by atoms with E-state index >= 15 is 0 Å². The van der Waals surface area contributed by atoms with Crippen LogP contribution in [0.2, 0.25) is 0 Å². The molecule has 1 fully saturated rings. The summed E-state index contributed by atoms with van der Waals surface area (Å²) < 4.78 is 25.4. The topological polar surface area (TPSA) is 134 Å². The molecule has 1 amide bonds. The lowest BCUT2D eigenvalue weighted by molar-refractivity contribution is -0.121. The number of β-amino-alcohol motifs (C(OH)–C–C–N with tert-alkyl or cyclic N) is 1. The quantitative estimate of drug-likeness (QED) is 0.590. The Balaban J connectivity index is 2.48. The number of nitrogens with one attached hydrogen (secondary N) is 1. The predicted molar refractivity (Wildman–Crippen MR) is 64.6 cm³/mol. The largest absolute Gasteiger partial charge is 0.392 e. The molecule has 1 aliphatic rings. The summed E-state index contributed by atoms with van der Waals surface area (Å²) in [6, 6.07) is -0.0711. The van der Waals surface area contributed by atoms with Gasteiger partial charge in [-0.3, -0.25) is 9.59 Å². The second-order valence-corrected chi connectivity index (χ2v) is 6.11. The zero-order valence-electron chi connectivity index (χ0n) is 9.81. The van der Waals surface area contributed by atoms with E-state index in [1.165, 1.54) is 6.20 Å². The van der Waals surface area contributed by atoms with Crippen LogP contribution in [0, 0.1) is 0 Å². The fraction of sp³-hybridized carbons (Fsp3) is 0.400. The van der Waals surface area contributed by atoms with Crippen molar-refractivity contribution in [1.29, 1.82) is 0 Å². The summed E-state index contributed by atoms with van der Waals surface area (Å²) in [6.45, 7) is -0.260. The third-order valence-electron chi connectivity index (χ3n) is 2.94. The molecule has 0 bridgehead atoms. The van der Waals surface area contributed by atoms with Gasteiger partial charge >= 0.3 is 0 Å². The van der Waals surface area contributed by atoms with Gasteiger partial charge < -0.3 is 15.8 Å². The zero-order chi connectivity index (χ0) is 14.2. The van der Waals surface area contributed by atoms with Gasteiger partial charge in [-0.25, -0.2) is 8.42 Å². The first-order valence-corrected chi connectivity index (χ1v) is 6.94. The first kappa shape index (κ1) is 13.7. The molecule has 4 N–H and O–H groups in total. The Morgan fingerprint density at radius 3 is 2.79 bits per heavy atom. The van der Waals surface area contributed by atoms with Crippen molar-refractivity contribution in [2.24, 2.45) is 5.73 Å². The van der Waals surface area contributed by atoms with Crippen LogP contribution in [-0.4, -0.2) is 47.4 Å². The minimum Gasteiger partial charge on any atom is -0.392 e. The van der Waals surface area contributed by atoms with Gasteiger partial charge in [0.05, 0.1) is 6.10 Å². The van der Waals surface area contributed by atoms with Crippen molar-refractivity contribution in [1.82, 2.24) is 9.29 Å². The van der Waals surface area contributed by atoms with Gasteiger partial charge in [0.2, 0.25) is 21.4 Å². The summed E-state index contributed by atoms with van der Waals surface area (Å²) in [6.07, 6.45) is 1.29. The normalized spacial score (nSPS) is 24.5. The number of H-pyrrole nitrogens is 1. The molecule has 2 heterocycles. The Labute approximate surface area is 108 Å². The van der Waals surface area contributed by atoms with E-state index in [4.69, 9.17) is 5.73 Å². The van der Waals surface area contributed by atoms with Crippen LogP contribution in [0.3, 0.4) is 0 Å². The Morgan fingerprint density at radius 2 is 2.21 bits per heavy atom. The van der Waals surface area contributed by atoms with E-state index in [0.717, 1.165) is 16.6 Å². The summed E-state index contributed by atoms with van der Waals surface area (Å²) >= 11 is 0. The molecule has 9 heteroatoms. The Kier molecular flexibility index (Phi) is 3.43. The van der Waals surface area contributed by atoms with Crippen LogP contribution in [-0.2, 0) is 14.8 Å². The number of aromatic nitrogens is 1. The maximum atomic E-state index is 12.3. The van der Waals surface area contributed by atoms with Gasteiger partial charge in [0, 0.05) is 31.4 Å². The summed E-state index contributed by atoms with van der Waals surface area (Å²) in [5, 5.41) is 9.50. The van der Waals surface area contributed by atoms with Crippen LogP contribution < -0.4 is 11.2 Å². The molecule has 1 saturated heterocycles. The molecule has 1 aromatic heterocycles. The number of primary amides is 1. The van der Waals surface area contributed by atoms with Crippen LogP contribution >= 0.6 is 0 Å². The number of aliphatic hydroxyl groups excluding tert-OH is 1. The number of aliphatic hydroxyl groups is 1. The van der Waals surface area contributed by atoms with Crippen molar-refractivity contribution in [2.75, 3.05) is 6.54 Å². The maximum absolute atomic E-state index is 12.3. The van der Waals surface area contributed by atoms with E-state index in [-0.39, 0.29) is 13.0 Å². The van der Waals surface area contributed by atoms with Gasteiger partial charge in [-0.2, -0.15) is 4.31 Å². The van der Waals surface area contributed by atoms with Crippen molar-refractivity contribution in [2.45, 2.75) is 23.5 Å². The third kappa shape index (κ3) is 2.39. The third-order valence-corrected chi connectivity index (χ3v) is 4.83. The van der Waals surface area contributed by atoms with Crippen LogP contribution in [0.4, 0.5) is 0 Å². The molecule has 19 heavy (non-hydrogen) atoms. The summed E-state index contributed by atoms with van der Waals surface area (Å²) in [5.41, 5.74) is 4.43. The van der Waals surface area contributed by atoms with E-state index in [1.54, 1.807) is 0 Å². The molecule has 1 aromatic rings. The highest BCUT2D eigenvalue weighted by molar-refractivity contribution is 7.89. The smallest absolute Gasteiger partial charge is 0.249 e. The zero-order valence-corrected chi connectivity index (χ0v) is 10.6. The molecule has 0 spiro atoms. The average Bonchev–Trinajstić information content (AvgIpc) is 2.72. The monoisotopic (exact) mass is 287 g/mol. The molecule has 0 radical (unpaired) electrons. The van der Waals surface area contributed by atoms with E-state index in [0.29, 0.717) is 0 Å². The summed E-state index contributed by atoms with van der Waals surface area (Å²) in [5.74, 6) is -0.854. The highest BCUT2D eigenvalue weighted by Gasteiger charge is 2.43. The summed E-state index contributed by atoms with van der Waals surface area (Å²) in [4.78, 5) is 24.8. The van der Waals surface area contributed by atoms with E-state index in [9.17, 15) is 23.1 Å². The molecule has 0 aromatic carbocycles. The van der Waals surface area contributed by atoms with E-state index in [2.05, 4.69) is 4.98 Å². The van der Waals surface area contributed by atoms with Crippen molar-refractivity contribution in [3.8, 4) is 0 Å². The van der Waals surface area contributed by atoms with Crippen molar-refractivity contribution < 1.29 is 18.3 Å². The number of nitrogens with zero attached hydrogens (tertiary/aromatic N) is 1. The van der Waals surface area contributed by atoms with E-state index < -0.39 is 38.4 Å². The number of sulfonamides is 1. The standard InChI is InChI=1S/C10H13N3O5S/c11-10(16)7-3-6(14)5-13(7)19(17,18)9-4-12-2-1-8(9)15/h1-2,4,6-7,14H,3,5H2,(H2,11,16)(H,12,15). The molecule has 0 saturated carbocycles. The lowest BCUT2D eigenvalue weighted by Gasteiger charge is -2.20. The minimum atomic E-state index is -4.17. The maximum Gasteiger partial charge on any atom is 0.249 e. The van der Waals surface area contributed by atoms with Gasteiger partial charge in [-0.1, -0.05) is 0 Å². The number of pyridine rings is 1. The number of aromatic amines is 1. The molecule has 2 rings (SSSR count). The molecule has 8 nitrogen and oxygen atoms in total. The Morgan fingerprint density at radius 1 is 1.53 bits per heavy atom. The van der Waals surface area contributed by atoms with Crippen molar-refractivity contribution >= 4 is 15.9 Å². The van der Waals surface area contributed by atoms with Gasteiger partial charge in [-0.05, 0) is 0 Å². The molecule has 104 valence electrons. The van der Waals surface area contributed by atoms with Gasteiger partial charge in [0.1, 0.15) is 10.9 Å². The predicted octanol–water partition coefficient (Wildman–Crippen LogP) is -2.02. The Bertz CT molecular complexity index is 653. The minimum absolute atomic E-state index is 0.0701. The molecule has 1 aliphatic heterocycles. The van der Waals surface area contributed by atoms with Gasteiger partial charge in [-0.15, -0.1) is 0 Å². The fourth-order valence-corrected chi connectivity index (χ4v) is 3.72. The number of rotatable bonds is 3. The van der Waals surface area contributed by atoms with E-state index in [1.807, 2.05) is 0 Å². The van der Waals surface area contributed by atoms with Crippen LogP contribution in [0.5, 0.6) is 0 Å². The van der Waals surface area contributed by atoms with Gasteiger partial charge in [0.15, 0.2) is 0 Å². The van der Waals surface area contributed by atoms with Gasteiger partial charge in [0.25, 0.3) is 0 Å². The molecular weight excluding hydrogens is 274 g/mol. The number of amides is 1. The first-order valence-electron chi connectivity index (χ1n) is 5.50. The molecule has 0 aliphatic carbocycles. The highest BCUT2D eigenvalue weighted by atomic mass is 32.2. The van der Waals surface area contributed by atoms with Crippen LogP contribution in [0.15, 0.2) is 28.2 Å². The first-order chi connectivity index (χ1) is 8.84. The second kappa shape index (κ2) is 4.76. The second-order valence-electron chi connectivity index (χ2n) is 4.26. The molecule has 2 unspecified atom stereocenters. The van der Waals surface area contributed by atoms with Crippen LogP contribution in [0.1, 0.15) is 6.42 Å². The lowest BCUT2D eigenvalue weighted by Crippen LogP contribution is -2.44. The lowest BCUT2D eigenvalue weighted by atomic mass is 10.2. The molecular formula is C10H13N3O5S. The molecule has 2 atom stereocenters. The average molecular weight is 287 g/mol. The number of carbonyl (C=O) groups excluding carboxylic acids is 1. The SMILES string of the molecule is NC(=O)C1CC(O)CN1S(=O)(=O)c1c[nH]ccc1=O.